The number of carbonyl (C=O) groups excluding carboxylic acids is 1. The SMILES string of the molecule is Cc1nc(Oc2c(C)nc(Br)c3ccccc23)c(-c2ccnc(N[C@H]3C[C@H](F)CN(C(=O)OC(C)(C)C)C3)n2)s1. The summed E-state index contributed by atoms with van der Waals surface area (Å²) in [4.78, 5) is 33.0. The standard InChI is InChI=1S/C28H30BrFN6O3S/c1-15-22(19-8-6-7-9-20(19)24(29)32-15)38-25-23(40-16(2)33-25)21-10-11-31-26(35-21)34-18-12-17(30)13-36(14-18)27(37)39-28(3,4)5/h6-11,17-18H,12-14H2,1-5H3,(H,31,34,35)/t17-,18-/m0/s1. The molecule has 1 N–H and O–H groups in total. The number of alkyl halides is 1. The average Bonchev–Trinajstić information content (AvgIpc) is 3.25. The lowest BCUT2D eigenvalue weighted by Crippen LogP contribution is -2.51. The van der Waals surface area contributed by atoms with Gasteiger partial charge in [-0.2, -0.15) is 0 Å². The highest BCUT2D eigenvalue weighted by Crippen LogP contribution is 2.41. The highest BCUT2D eigenvalue weighted by Gasteiger charge is 2.33. The maximum absolute atomic E-state index is 14.6. The minimum atomic E-state index is -1.19. The molecule has 0 aliphatic carbocycles. The number of aromatic nitrogens is 4. The number of hydrogen-bond acceptors (Lipinski definition) is 9. The van der Waals surface area contributed by atoms with Crippen LogP contribution in [0.2, 0.25) is 0 Å². The summed E-state index contributed by atoms with van der Waals surface area (Å²) in [7, 11) is 0. The average molecular weight is 630 g/mol. The predicted molar refractivity (Wildman–Crippen MR) is 157 cm³/mol. The summed E-state index contributed by atoms with van der Waals surface area (Å²) >= 11 is 5.00. The summed E-state index contributed by atoms with van der Waals surface area (Å²) in [5.41, 5.74) is 0.673. The number of carbonyl (C=O) groups is 1. The van der Waals surface area contributed by atoms with Crippen LogP contribution in [0.15, 0.2) is 41.1 Å². The Kier molecular flexibility index (Phi) is 7.92. The molecule has 4 aromatic rings. The quantitative estimate of drug-likeness (QED) is 0.234. The fraction of sp³-hybridized carbons (Fsp3) is 0.393. The molecule has 0 spiro atoms. The number of benzene rings is 1. The molecule has 12 heteroatoms. The first kappa shape index (κ1) is 28.2. The lowest BCUT2D eigenvalue weighted by atomic mass is 10.0. The monoisotopic (exact) mass is 628 g/mol. The van der Waals surface area contributed by atoms with Crippen molar-refractivity contribution in [1.29, 1.82) is 0 Å². The van der Waals surface area contributed by atoms with Gasteiger partial charge in [0, 0.05) is 36.0 Å². The van der Waals surface area contributed by atoms with E-state index in [1.54, 1.807) is 33.0 Å². The number of ether oxygens (including phenoxy) is 2. The second kappa shape index (κ2) is 11.2. The number of halogens is 2. The Morgan fingerprint density at radius 3 is 2.62 bits per heavy atom. The van der Waals surface area contributed by atoms with Crippen molar-refractivity contribution in [3.8, 4) is 22.2 Å². The van der Waals surface area contributed by atoms with Gasteiger partial charge >= 0.3 is 6.09 Å². The van der Waals surface area contributed by atoms with E-state index in [1.165, 1.54) is 16.2 Å². The van der Waals surface area contributed by atoms with Gasteiger partial charge in [0.05, 0.1) is 22.9 Å². The molecule has 9 nitrogen and oxygen atoms in total. The summed E-state index contributed by atoms with van der Waals surface area (Å²) in [6.07, 6.45) is 0.128. The van der Waals surface area contributed by atoms with Crippen LogP contribution in [0.3, 0.4) is 0 Å². The van der Waals surface area contributed by atoms with E-state index in [9.17, 15) is 9.18 Å². The second-order valence-electron chi connectivity index (χ2n) is 10.7. The van der Waals surface area contributed by atoms with E-state index in [4.69, 9.17) is 14.5 Å². The lowest BCUT2D eigenvalue weighted by molar-refractivity contribution is 0.0124. The normalized spacial score (nSPS) is 17.6. The van der Waals surface area contributed by atoms with Gasteiger partial charge in [0.25, 0.3) is 0 Å². The van der Waals surface area contributed by atoms with Crippen molar-refractivity contribution in [3.05, 3.63) is 51.8 Å². The Labute approximate surface area is 244 Å². The van der Waals surface area contributed by atoms with Crippen LogP contribution in [0.25, 0.3) is 21.3 Å². The van der Waals surface area contributed by atoms with Crippen molar-refractivity contribution >= 4 is 50.1 Å². The molecule has 0 saturated carbocycles. The summed E-state index contributed by atoms with van der Waals surface area (Å²) in [5.74, 6) is 1.36. The highest BCUT2D eigenvalue weighted by molar-refractivity contribution is 9.10. The zero-order valence-electron chi connectivity index (χ0n) is 22.9. The number of rotatable bonds is 5. The number of piperidine rings is 1. The van der Waals surface area contributed by atoms with Crippen LogP contribution in [0.5, 0.6) is 11.6 Å². The van der Waals surface area contributed by atoms with E-state index in [2.05, 4.69) is 36.2 Å². The van der Waals surface area contributed by atoms with Crippen molar-refractivity contribution in [2.45, 2.75) is 58.9 Å². The summed E-state index contributed by atoms with van der Waals surface area (Å²) in [6, 6.07) is 9.26. The summed E-state index contributed by atoms with van der Waals surface area (Å²) in [6.45, 7) is 9.42. The number of aryl methyl sites for hydroxylation is 2. The molecule has 0 bridgehead atoms. The summed E-state index contributed by atoms with van der Waals surface area (Å²) in [5, 5.41) is 5.86. The molecule has 1 amide bonds. The number of anilines is 1. The van der Waals surface area contributed by atoms with Crippen LogP contribution in [0.4, 0.5) is 15.1 Å². The number of thiazole rings is 1. The Morgan fingerprint density at radius 2 is 1.88 bits per heavy atom. The number of likely N-dealkylation sites (tertiary alicyclic amines) is 1. The molecular formula is C28H30BrFN6O3S. The molecule has 2 atom stereocenters. The van der Waals surface area contributed by atoms with Crippen molar-refractivity contribution in [1.82, 2.24) is 24.8 Å². The molecule has 1 aromatic carbocycles. The van der Waals surface area contributed by atoms with Gasteiger partial charge in [0.2, 0.25) is 11.8 Å². The third-order valence-corrected chi connectivity index (χ3v) is 7.74. The van der Waals surface area contributed by atoms with Gasteiger partial charge in [-0.25, -0.2) is 29.1 Å². The van der Waals surface area contributed by atoms with E-state index in [1.807, 2.05) is 38.1 Å². The molecule has 4 heterocycles. The smallest absolute Gasteiger partial charge is 0.410 e. The van der Waals surface area contributed by atoms with Crippen molar-refractivity contribution in [2.75, 3.05) is 18.4 Å². The first-order chi connectivity index (χ1) is 19.0. The summed E-state index contributed by atoms with van der Waals surface area (Å²) < 4.78 is 27.2. The third kappa shape index (κ3) is 6.33. The van der Waals surface area contributed by atoms with Gasteiger partial charge in [-0.15, -0.1) is 11.3 Å². The molecule has 1 aliphatic heterocycles. The molecular weight excluding hydrogens is 599 g/mol. The van der Waals surface area contributed by atoms with Crippen molar-refractivity contribution in [2.24, 2.45) is 0 Å². The van der Waals surface area contributed by atoms with E-state index >= 15 is 0 Å². The number of pyridine rings is 1. The van der Waals surface area contributed by atoms with Crippen LogP contribution < -0.4 is 10.1 Å². The fourth-order valence-corrected chi connectivity index (χ4v) is 5.96. The molecule has 0 unspecified atom stereocenters. The van der Waals surface area contributed by atoms with E-state index in [-0.39, 0.29) is 25.6 Å². The minimum Gasteiger partial charge on any atom is -0.444 e. The first-order valence-electron chi connectivity index (χ1n) is 12.9. The maximum atomic E-state index is 14.6. The highest BCUT2D eigenvalue weighted by atomic mass is 79.9. The second-order valence-corrected chi connectivity index (χ2v) is 12.6. The molecule has 0 radical (unpaired) electrons. The molecule has 1 saturated heterocycles. The van der Waals surface area contributed by atoms with Crippen LogP contribution >= 0.6 is 27.3 Å². The van der Waals surface area contributed by atoms with Crippen LogP contribution in [0.1, 0.15) is 37.9 Å². The zero-order chi connectivity index (χ0) is 28.6. The Hall–Kier alpha value is -3.38. The Balaban J connectivity index is 1.39. The molecule has 5 rings (SSSR count). The van der Waals surface area contributed by atoms with E-state index in [0.29, 0.717) is 23.3 Å². The zero-order valence-corrected chi connectivity index (χ0v) is 25.3. The molecule has 3 aromatic heterocycles. The fourth-order valence-electron chi connectivity index (χ4n) is 4.53. The molecule has 1 aliphatic rings. The van der Waals surface area contributed by atoms with Crippen LogP contribution in [-0.2, 0) is 4.74 Å². The molecule has 1 fully saturated rings. The first-order valence-corrected chi connectivity index (χ1v) is 14.5. The minimum absolute atomic E-state index is 0.00611. The largest absolute Gasteiger partial charge is 0.444 e. The number of nitrogens with one attached hydrogen (secondary N) is 1. The number of hydrogen-bond donors (Lipinski definition) is 1. The van der Waals surface area contributed by atoms with Crippen molar-refractivity contribution in [3.63, 3.8) is 0 Å². The predicted octanol–water partition coefficient (Wildman–Crippen LogP) is 7.08. The van der Waals surface area contributed by atoms with Gasteiger partial charge in [-0.05, 0) is 56.6 Å². The van der Waals surface area contributed by atoms with Gasteiger partial charge < -0.3 is 19.7 Å². The third-order valence-electron chi connectivity index (χ3n) is 6.16. The van der Waals surface area contributed by atoms with Gasteiger partial charge in [0.1, 0.15) is 21.3 Å². The Morgan fingerprint density at radius 1 is 1.12 bits per heavy atom. The van der Waals surface area contributed by atoms with Crippen LogP contribution in [-0.4, -0.2) is 61.8 Å². The number of amides is 1. The molecule has 40 heavy (non-hydrogen) atoms. The van der Waals surface area contributed by atoms with Gasteiger partial charge in [-0.1, -0.05) is 24.3 Å². The maximum Gasteiger partial charge on any atom is 0.410 e. The lowest BCUT2D eigenvalue weighted by Gasteiger charge is -2.36. The van der Waals surface area contributed by atoms with Gasteiger partial charge in [0.15, 0.2) is 5.75 Å². The Bertz CT molecular complexity index is 1560. The van der Waals surface area contributed by atoms with E-state index < -0.39 is 17.9 Å². The number of nitrogens with zero attached hydrogens (tertiary/aromatic N) is 5. The number of fused-ring (bicyclic) bond motifs is 1. The van der Waals surface area contributed by atoms with Gasteiger partial charge in [-0.3, -0.25) is 0 Å². The topological polar surface area (TPSA) is 102 Å². The van der Waals surface area contributed by atoms with E-state index in [0.717, 1.165) is 31.0 Å². The van der Waals surface area contributed by atoms with Crippen molar-refractivity contribution < 1.29 is 18.7 Å². The van der Waals surface area contributed by atoms with Crippen LogP contribution in [0, 0.1) is 13.8 Å². The molecule has 210 valence electrons.